The molecular weight excluding hydrogens is 136 g/mol. The van der Waals surface area contributed by atoms with E-state index in [0.29, 0.717) is 12.5 Å². The van der Waals surface area contributed by atoms with E-state index in [1.807, 2.05) is 13.8 Å². The molecule has 0 aromatic carbocycles. The largest absolute Gasteiger partial charge is 0.310 e. The molecule has 0 aromatic rings. The zero-order valence-electron chi connectivity index (χ0n) is 7.09. The molecule has 0 aromatic heterocycles. The van der Waals surface area contributed by atoms with Gasteiger partial charge in [-0.3, -0.25) is 0 Å². The number of nitrogens with one attached hydrogen (secondary N) is 1. The van der Waals surface area contributed by atoms with Gasteiger partial charge in [0.2, 0.25) is 0 Å². The molecule has 0 heterocycles. The quantitative estimate of drug-likeness (QED) is 0.613. The fourth-order valence-electron chi connectivity index (χ4n) is 0.917. The molecule has 2 atom stereocenters. The first-order valence-electron chi connectivity index (χ1n) is 3.77. The van der Waals surface area contributed by atoms with Gasteiger partial charge in [-0.2, -0.15) is 5.26 Å². The van der Waals surface area contributed by atoms with Crippen LogP contribution in [0.15, 0.2) is 0 Å². The molecule has 2 nitrogen and oxygen atoms in total. The predicted octanol–water partition coefficient (Wildman–Crippen LogP) is 1.29. The van der Waals surface area contributed by atoms with E-state index in [4.69, 9.17) is 11.7 Å². The summed E-state index contributed by atoms with van der Waals surface area (Å²) < 4.78 is 0. The van der Waals surface area contributed by atoms with Gasteiger partial charge in [0.25, 0.3) is 0 Å². The van der Waals surface area contributed by atoms with Crippen molar-refractivity contribution in [1.29, 1.82) is 5.26 Å². The molecule has 2 unspecified atom stereocenters. The smallest absolute Gasteiger partial charge is 0.0638 e. The minimum absolute atomic E-state index is 0.239. The summed E-state index contributed by atoms with van der Waals surface area (Å²) in [5, 5.41) is 11.6. The molecule has 0 aliphatic carbocycles. The van der Waals surface area contributed by atoms with Crippen molar-refractivity contribution in [3.63, 3.8) is 0 Å². The summed E-state index contributed by atoms with van der Waals surface area (Å²) in [5.74, 6) is 2.57. The van der Waals surface area contributed by atoms with Crippen molar-refractivity contribution in [3.8, 4) is 18.4 Å². The second-order valence-electron chi connectivity index (χ2n) is 2.74. The van der Waals surface area contributed by atoms with E-state index >= 15 is 0 Å². The lowest BCUT2D eigenvalue weighted by Crippen LogP contribution is -2.33. The Morgan fingerprint density at radius 3 is 2.36 bits per heavy atom. The van der Waals surface area contributed by atoms with Crippen LogP contribution in [0.25, 0.3) is 0 Å². The number of rotatable bonds is 4. The van der Waals surface area contributed by atoms with Crippen LogP contribution in [0.3, 0.4) is 0 Å². The summed E-state index contributed by atoms with van der Waals surface area (Å²) in [7, 11) is 0. The van der Waals surface area contributed by atoms with Crippen molar-refractivity contribution >= 4 is 0 Å². The van der Waals surface area contributed by atoms with Crippen LogP contribution in [0.1, 0.15) is 26.7 Å². The van der Waals surface area contributed by atoms with Gasteiger partial charge in [0, 0.05) is 18.5 Å². The molecular formula is C9H14N2. The van der Waals surface area contributed by atoms with Crippen LogP contribution in [0.2, 0.25) is 0 Å². The topological polar surface area (TPSA) is 35.8 Å². The molecule has 1 N–H and O–H groups in total. The van der Waals surface area contributed by atoms with Crippen LogP contribution in [0.5, 0.6) is 0 Å². The lowest BCUT2D eigenvalue weighted by molar-refractivity contribution is 0.478. The average Bonchev–Trinajstić information content (AvgIpc) is 1.87. The van der Waals surface area contributed by atoms with Crippen molar-refractivity contribution < 1.29 is 0 Å². The molecule has 0 radical (unpaired) electrons. The lowest BCUT2D eigenvalue weighted by Gasteiger charge is -2.15. The molecule has 0 amide bonds. The van der Waals surface area contributed by atoms with E-state index in [2.05, 4.69) is 17.3 Å². The third-order valence-electron chi connectivity index (χ3n) is 1.39. The van der Waals surface area contributed by atoms with E-state index in [1.54, 1.807) is 0 Å². The minimum atomic E-state index is 0.239. The van der Waals surface area contributed by atoms with Crippen molar-refractivity contribution in [3.05, 3.63) is 0 Å². The van der Waals surface area contributed by atoms with Gasteiger partial charge in [-0.25, -0.2) is 0 Å². The molecule has 2 heteroatoms. The molecule has 11 heavy (non-hydrogen) atoms. The predicted molar refractivity (Wildman–Crippen MR) is 45.7 cm³/mol. The molecule has 60 valence electrons. The van der Waals surface area contributed by atoms with Crippen molar-refractivity contribution in [2.24, 2.45) is 0 Å². The minimum Gasteiger partial charge on any atom is -0.310 e. The zero-order chi connectivity index (χ0) is 8.69. The van der Waals surface area contributed by atoms with Gasteiger partial charge in [-0.05, 0) is 13.8 Å². The number of nitriles is 1. The maximum atomic E-state index is 8.35. The second kappa shape index (κ2) is 5.77. The Hall–Kier alpha value is -0.990. The molecule has 0 aliphatic rings. The first-order valence-corrected chi connectivity index (χ1v) is 3.77. The van der Waals surface area contributed by atoms with Gasteiger partial charge >= 0.3 is 0 Å². The SMILES string of the molecule is C#CCC(C)NC(C)CC#N. The molecule has 0 saturated heterocycles. The van der Waals surface area contributed by atoms with Crippen LogP contribution < -0.4 is 5.32 Å². The average molecular weight is 150 g/mol. The number of hydrogen-bond acceptors (Lipinski definition) is 2. The van der Waals surface area contributed by atoms with Crippen LogP contribution >= 0.6 is 0 Å². The highest BCUT2D eigenvalue weighted by Gasteiger charge is 2.04. The Morgan fingerprint density at radius 1 is 1.36 bits per heavy atom. The van der Waals surface area contributed by atoms with Crippen molar-refractivity contribution in [2.75, 3.05) is 0 Å². The summed E-state index contributed by atoms with van der Waals surface area (Å²) in [6.45, 7) is 4.00. The molecule has 0 fully saturated rings. The first kappa shape index (κ1) is 10.0. The van der Waals surface area contributed by atoms with Gasteiger partial charge in [0.15, 0.2) is 0 Å². The van der Waals surface area contributed by atoms with Crippen LogP contribution in [0.4, 0.5) is 0 Å². The fourth-order valence-corrected chi connectivity index (χ4v) is 0.917. The third-order valence-corrected chi connectivity index (χ3v) is 1.39. The van der Waals surface area contributed by atoms with E-state index < -0.39 is 0 Å². The molecule has 0 saturated carbocycles. The number of hydrogen-bond donors (Lipinski definition) is 1. The summed E-state index contributed by atoms with van der Waals surface area (Å²) in [6, 6.07) is 2.65. The lowest BCUT2D eigenvalue weighted by atomic mass is 10.2. The maximum absolute atomic E-state index is 8.35. The molecule has 0 aliphatic heterocycles. The molecule has 0 bridgehead atoms. The monoisotopic (exact) mass is 150 g/mol. The fraction of sp³-hybridized carbons (Fsp3) is 0.667. The molecule has 0 spiro atoms. The van der Waals surface area contributed by atoms with Gasteiger partial charge in [-0.1, -0.05) is 0 Å². The Bertz CT molecular complexity index is 153. The van der Waals surface area contributed by atoms with E-state index in [-0.39, 0.29) is 6.04 Å². The van der Waals surface area contributed by atoms with E-state index in [0.717, 1.165) is 6.42 Å². The second-order valence-corrected chi connectivity index (χ2v) is 2.74. The third kappa shape index (κ3) is 5.45. The summed E-state index contributed by atoms with van der Waals surface area (Å²) in [4.78, 5) is 0. The zero-order valence-corrected chi connectivity index (χ0v) is 7.09. The highest BCUT2D eigenvalue weighted by Crippen LogP contribution is 1.94. The Morgan fingerprint density at radius 2 is 1.91 bits per heavy atom. The Balaban J connectivity index is 3.51. The summed E-state index contributed by atoms with van der Waals surface area (Å²) >= 11 is 0. The van der Waals surface area contributed by atoms with Crippen molar-refractivity contribution in [1.82, 2.24) is 5.32 Å². The standard InChI is InChI=1S/C9H14N2/c1-4-5-8(2)11-9(3)6-7-10/h1,8-9,11H,5-6H2,2-3H3. The highest BCUT2D eigenvalue weighted by molar-refractivity contribution is 4.89. The Labute approximate surface area is 68.6 Å². The van der Waals surface area contributed by atoms with Crippen LogP contribution in [-0.4, -0.2) is 12.1 Å². The summed E-state index contributed by atoms with van der Waals surface area (Å²) in [6.07, 6.45) is 6.38. The van der Waals surface area contributed by atoms with E-state index in [1.165, 1.54) is 0 Å². The Kier molecular flexibility index (Phi) is 5.25. The molecule has 0 rings (SSSR count). The van der Waals surface area contributed by atoms with E-state index in [9.17, 15) is 0 Å². The number of terminal acetylenes is 1. The number of nitrogens with zero attached hydrogens (tertiary/aromatic N) is 1. The van der Waals surface area contributed by atoms with Gasteiger partial charge in [-0.15, -0.1) is 12.3 Å². The summed E-state index contributed by atoms with van der Waals surface area (Å²) in [5.41, 5.74) is 0. The van der Waals surface area contributed by atoms with Crippen molar-refractivity contribution in [2.45, 2.75) is 38.8 Å². The van der Waals surface area contributed by atoms with Gasteiger partial charge in [0.1, 0.15) is 0 Å². The normalized spacial score (nSPS) is 14.5. The van der Waals surface area contributed by atoms with Crippen LogP contribution in [-0.2, 0) is 0 Å². The van der Waals surface area contributed by atoms with Crippen LogP contribution in [0, 0.1) is 23.7 Å². The van der Waals surface area contributed by atoms with Gasteiger partial charge in [0.05, 0.1) is 12.5 Å². The van der Waals surface area contributed by atoms with Gasteiger partial charge < -0.3 is 5.32 Å². The highest BCUT2D eigenvalue weighted by atomic mass is 14.9. The maximum Gasteiger partial charge on any atom is 0.0638 e. The first-order chi connectivity index (χ1) is 5.20.